The summed E-state index contributed by atoms with van der Waals surface area (Å²) >= 11 is 0. The summed E-state index contributed by atoms with van der Waals surface area (Å²) in [5.74, 6) is 1.75. The summed E-state index contributed by atoms with van der Waals surface area (Å²) in [5.41, 5.74) is 0.727. The van der Waals surface area contributed by atoms with E-state index in [0.29, 0.717) is 6.54 Å². The molecule has 3 aromatic heterocycles. The van der Waals surface area contributed by atoms with Gasteiger partial charge in [-0.1, -0.05) is 0 Å². The third-order valence-electron chi connectivity index (χ3n) is 3.53. The van der Waals surface area contributed by atoms with Crippen LogP contribution in [0, 0.1) is 0 Å². The third kappa shape index (κ3) is 3.09. The zero-order chi connectivity index (χ0) is 15.4. The predicted octanol–water partition coefficient (Wildman–Crippen LogP) is 1.84. The fourth-order valence-corrected chi connectivity index (χ4v) is 2.39. The first-order valence-electron chi connectivity index (χ1n) is 7.34. The Hall–Kier alpha value is -2.41. The van der Waals surface area contributed by atoms with Crippen LogP contribution in [-0.2, 0) is 13.0 Å². The molecular weight excluding hydrogens is 282 g/mol. The second-order valence-electron chi connectivity index (χ2n) is 5.21. The number of hydrogen-bond donors (Lipinski definition) is 2. The number of aryl methyl sites for hydroxylation is 1. The van der Waals surface area contributed by atoms with Crippen LogP contribution >= 0.6 is 0 Å². The lowest BCUT2D eigenvalue weighted by atomic mass is 10.1. The Kier molecular flexibility index (Phi) is 4.34. The van der Waals surface area contributed by atoms with Crippen LogP contribution in [0.4, 0.5) is 5.82 Å². The highest BCUT2D eigenvalue weighted by Gasteiger charge is 2.12. The average Bonchev–Trinajstić information content (AvgIpc) is 3.16. The van der Waals surface area contributed by atoms with Gasteiger partial charge >= 0.3 is 0 Å². The summed E-state index contributed by atoms with van der Waals surface area (Å²) in [6.45, 7) is 2.56. The van der Waals surface area contributed by atoms with E-state index in [1.54, 1.807) is 17.1 Å². The van der Waals surface area contributed by atoms with Gasteiger partial charge in [-0.3, -0.25) is 0 Å². The molecule has 0 aliphatic carbocycles. The predicted molar refractivity (Wildman–Crippen MR) is 82.5 cm³/mol. The van der Waals surface area contributed by atoms with Crippen molar-refractivity contribution in [2.24, 2.45) is 0 Å². The van der Waals surface area contributed by atoms with E-state index in [2.05, 4.69) is 27.3 Å². The highest BCUT2D eigenvalue weighted by Crippen LogP contribution is 2.20. The molecule has 1 atom stereocenters. The zero-order valence-electron chi connectivity index (χ0n) is 12.4. The van der Waals surface area contributed by atoms with Crippen LogP contribution in [-0.4, -0.2) is 37.5 Å². The summed E-state index contributed by atoms with van der Waals surface area (Å²) in [7, 11) is 0. The Labute approximate surface area is 128 Å². The first kappa shape index (κ1) is 14.5. The SMILES string of the molecule is CC(CCc1ccco1)Nc1ncnc2c1cnn2CCO. The van der Waals surface area contributed by atoms with Crippen molar-refractivity contribution in [2.75, 3.05) is 11.9 Å². The van der Waals surface area contributed by atoms with Crippen LogP contribution in [0.15, 0.2) is 35.3 Å². The summed E-state index contributed by atoms with van der Waals surface area (Å²) in [4.78, 5) is 8.54. The monoisotopic (exact) mass is 301 g/mol. The molecule has 0 saturated heterocycles. The topological polar surface area (TPSA) is 89.0 Å². The minimum atomic E-state index is 0.0308. The molecule has 3 rings (SSSR count). The van der Waals surface area contributed by atoms with Gasteiger partial charge in [-0.25, -0.2) is 14.6 Å². The first-order valence-corrected chi connectivity index (χ1v) is 7.34. The summed E-state index contributed by atoms with van der Waals surface area (Å²) in [5, 5.41) is 17.5. The van der Waals surface area contributed by atoms with Gasteiger partial charge in [-0.2, -0.15) is 5.10 Å². The van der Waals surface area contributed by atoms with Crippen LogP contribution in [0.2, 0.25) is 0 Å². The Balaban J connectivity index is 1.70. The molecule has 116 valence electrons. The number of rotatable bonds is 7. The van der Waals surface area contributed by atoms with Crippen molar-refractivity contribution < 1.29 is 9.52 Å². The van der Waals surface area contributed by atoms with Crippen LogP contribution in [0.1, 0.15) is 19.1 Å². The molecule has 0 bridgehead atoms. The van der Waals surface area contributed by atoms with Crippen molar-refractivity contribution >= 4 is 16.9 Å². The molecular formula is C15H19N5O2. The van der Waals surface area contributed by atoms with Crippen LogP contribution < -0.4 is 5.32 Å². The molecule has 1 unspecified atom stereocenters. The molecule has 0 amide bonds. The van der Waals surface area contributed by atoms with E-state index in [9.17, 15) is 0 Å². The van der Waals surface area contributed by atoms with Gasteiger partial charge in [0.05, 0.1) is 31.0 Å². The number of nitrogens with zero attached hydrogens (tertiary/aromatic N) is 4. The second-order valence-corrected chi connectivity index (χ2v) is 5.21. The van der Waals surface area contributed by atoms with Crippen molar-refractivity contribution in [1.82, 2.24) is 19.7 Å². The molecule has 7 heteroatoms. The number of aliphatic hydroxyl groups excluding tert-OH is 1. The molecule has 0 aliphatic rings. The molecule has 22 heavy (non-hydrogen) atoms. The highest BCUT2D eigenvalue weighted by atomic mass is 16.3. The minimum absolute atomic E-state index is 0.0308. The van der Waals surface area contributed by atoms with Gasteiger partial charge in [0.2, 0.25) is 0 Å². The number of aromatic nitrogens is 4. The van der Waals surface area contributed by atoms with Gasteiger partial charge in [0.1, 0.15) is 17.9 Å². The van der Waals surface area contributed by atoms with Gasteiger partial charge in [-0.15, -0.1) is 0 Å². The maximum absolute atomic E-state index is 9.04. The van der Waals surface area contributed by atoms with Crippen molar-refractivity contribution in [3.05, 3.63) is 36.7 Å². The van der Waals surface area contributed by atoms with Gasteiger partial charge in [0.15, 0.2) is 5.65 Å². The molecule has 0 spiro atoms. The molecule has 2 N–H and O–H groups in total. The second kappa shape index (κ2) is 6.57. The molecule has 0 aromatic carbocycles. The Bertz CT molecular complexity index is 723. The lowest BCUT2D eigenvalue weighted by Gasteiger charge is -2.14. The van der Waals surface area contributed by atoms with Crippen LogP contribution in [0.25, 0.3) is 11.0 Å². The number of nitrogens with one attached hydrogen (secondary N) is 1. The smallest absolute Gasteiger partial charge is 0.163 e. The molecule has 0 fully saturated rings. The maximum atomic E-state index is 9.04. The van der Waals surface area contributed by atoms with Gasteiger partial charge in [-0.05, 0) is 25.5 Å². The average molecular weight is 301 g/mol. The van der Waals surface area contributed by atoms with E-state index in [4.69, 9.17) is 9.52 Å². The van der Waals surface area contributed by atoms with Gasteiger partial charge in [0, 0.05) is 12.5 Å². The van der Waals surface area contributed by atoms with Crippen LogP contribution in [0.3, 0.4) is 0 Å². The van der Waals surface area contributed by atoms with E-state index < -0.39 is 0 Å². The van der Waals surface area contributed by atoms with E-state index in [0.717, 1.165) is 35.5 Å². The highest BCUT2D eigenvalue weighted by molar-refractivity contribution is 5.86. The summed E-state index contributed by atoms with van der Waals surface area (Å²) in [6, 6.07) is 4.12. The largest absolute Gasteiger partial charge is 0.469 e. The van der Waals surface area contributed by atoms with E-state index in [1.807, 2.05) is 12.1 Å². The Morgan fingerprint density at radius 1 is 1.41 bits per heavy atom. The molecule has 0 aliphatic heterocycles. The first-order chi connectivity index (χ1) is 10.8. The van der Waals surface area contributed by atoms with E-state index >= 15 is 0 Å². The Morgan fingerprint density at radius 2 is 2.32 bits per heavy atom. The van der Waals surface area contributed by atoms with E-state index in [-0.39, 0.29) is 12.6 Å². The van der Waals surface area contributed by atoms with E-state index in [1.165, 1.54) is 6.33 Å². The standard InChI is InChI=1S/C15H19N5O2/c1-11(4-5-12-3-2-8-22-12)19-14-13-9-18-20(6-7-21)15(13)17-10-16-14/h2-3,8-11,21H,4-7H2,1H3,(H,16,17,19). The summed E-state index contributed by atoms with van der Waals surface area (Å²) in [6.07, 6.45) is 6.74. The van der Waals surface area contributed by atoms with Crippen molar-refractivity contribution in [1.29, 1.82) is 0 Å². The minimum Gasteiger partial charge on any atom is -0.469 e. The van der Waals surface area contributed by atoms with Crippen molar-refractivity contribution in [2.45, 2.75) is 32.4 Å². The fraction of sp³-hybridized carbons (Fsp3) is 0.400. The van der Waals surface area contributed by atoms with Crippen molar-refractivity contribution in [3.63, 3.8) is 0 Å². The fourth-order valence-electron chi connectivity index (χ4n) is 2.39. The number of hydrogen-bond acceptors (Lipinski definition) is 6. The lowest BCUT2D eigenvalue weighted by Crippen LogP contribution is -2.17. The lowest BCUT2D eigenvalue weighted by molar-refractivity contribution is 0.271. The third-order valence-corrected chi connectivity index (χ3v) is 3.53. The van der Waals surface area contributed by atoms with Crippen molar-refractivity contribution in [3.8, 4) is 0 Å². The normalized spacial score (nSPS) is 12.6. The number of fused-ring (bicyclic) bond motifs is 1. The molecule has 0 saturated carbocycles. The summed E-state index contributed by atoms with van der Waals surface area (Å²) < 4.78 is 7.02. The molecule has 3 heterocycles. The van der Waals surface area contributed by atoms with Gasteiger partial charge < -0.3 is 14.8 Å². The molecule has 0 radical (unpaired) electrons. The number of furan rings is 1. The Morgan fingerprint density at radius 3 is 3.09 bits per heavy atom. The number of aliphatic hydroxyl groups is 1. The maximum Gasteiger partial charge on any atom is 0.163 e. The quantitative estimate of drug-likeness (QED) is 0.692. The zero-order valence-corrected chi connectivity index (χ0v) is 12.4. The van der Waals surface area contributed by atoms with Gasteiger partial charge in [0.25, 0.3) is 0 Å². The number of anilines is 1. The van der Waals surface area contributed by atoms with Crippen LogP contribution in [0.5, 0.6) is 0 Å². The molecule has 3 aromatic rings. The molecule has 7 nitrogen and oxygen atoms in total.